The topological polar surface area (TPSA) is 65.4 Å². The Balaban J connectivity index is 1.68. The molecule has 0 radical (unpaired) electrons. The molecule has 0 saturated carbocycles. The summed E-state index contributed by atoms with van der Waals surface area (Å²) in [5.41, 5.74) is 0.575. The zero-order valence-electron chi connectivity index (χ0n) is 12.3. The van der Waals surface area contributed by atoms with Crippen LogP contribution in [0.4, 0.5) is 0 Å². The second kappa shape index (κ2) is 7.65. The molecule has 1 N–H and O–H groups in total. The number of benzene rings is 1. The lowest BCUT2D eigenvalue weighted by Crippen LogP contribution is -2.42. The summed E-state index contributed by atoms with van der Waals surface area (Å²) in [4.78, 5) is 14.1. The highest BCUT2D eigenvalue weighted by Gasteiger charge is 2.18. The van der Waals surface area contributed by atoms with Crippen molar-refractivity contribution < 1.29 is 9.53 Å². The Morgan fingerprint density at radius 2 is 2.05 bits per heavy atom. The van der Waals surface area contributed by atoms with Gasteiger partial charge in [-0.25, -0.2) is 0 Å². The fraction of sp³-hybridized carbons (Fsp3) is 0.500. The van der Waals surface area contributed by atoms with Gasteiger partial charge in [-0.2, -0.15) is 5.26 Å². The van der Waals surface area contributed by atoms with Gasteiger partial charge in [-0.05, 0) is 57.1 Å². The Morgan fingerprint density at radius 3 is 2.67 bits per heavy atom. The first-order valence-corrected chi connectivity index (χ1v) is 7.33. The Morgan fingerprint density at radius 1 is 1.38 bits per heavy atom. The van der Waals surface area contributed by atoms with E-state index in [1.807, 2.05) is 6.07 Å². The first kappa shape index (κ1) is 15.3. The van der Waals surface area contributed by atoms with Crippen LogP contribution in [0.25, 0.3) is 0 Å². The lowest BCUT2D eigenvalue weighted by Gasteiger charge is -2.23. The summed E-state index contributed by atoms with van der Waals surface area (Å²) in [6, 6.07) is 9.13. The lowest BCUT2D eigenvalue weighted by molar-refractivity contribution is -0.123. The second-order valence-corrected chi connectivity index (χ2v) is 5.32. The van der Waals surface area contributed by atoms with Gasteiger partial charge in [0.25, 0.3) is 5.91 Å². The molecule has 5 heteroatoms. The third-order valence-electron chi connectivity index (χ3n) is 3.71. The quantitative estimate of drug-likeness (QED) is 0.862. The minimum absolute atomic E-state index is 0.00137. The first-order valence-electron chi connectivity index (χ1n) is 7.33. The Bertz CT molecular complexity index is 501. The van der Waals surface area contributed by atoms with Crippen molar-refractivity contribution in [1.82, 2.24) is 10.2 Å². The van der Waals surface area contributed by atoms with Gasteiger partial charge in [0.15, 0.2) is 6.61 Å². The van der Waals surface area contributed by atoms with Crippen LogP contribution in [-0.2, 0) is 4.79 Å². The average molecular weight is 287 g/mol. The Hall–Kier alpha value is -2.06. The molecule has 1 aromatic rings. The van der Waals surface area contributed by atoms with Crippen LogP contribution in [0.3, 0.4) is 0 Å². The van der Waals surface area contributed by atoms with Crippen LogP contribution in [0.5, 0.6) is 5.75 Å². The molecular weight excluding hydrogens is 266 g/mol. The van der Waals surface area contributed by atoms with Gasteiger partial charge in [0.05, 0.1) is 11.6 Å². The Labute approximate surface area is 125 Å². The lowest BCUT2D eigenvalue weighted by atomic mass is 10.2. The van der Waals surface area contributed by atoms with Gasteiger partial charge < -0.3 is 10.1 Å². The molecular formula is C16H21N3O2. The molecule has 0 bridgehead atoms. The molecule has 0 aromatic heterocycles. The summed E-state index contributed by atoms with van der Waals surface area (Å²) in [6.07, 6.45) is 2.50. The molecule has 2 rings (SSSR count). The number of nitriles is 1. The van der Waals surface area contributed by atoms with Crippen LogP contribution in [0.15, 0.2) is 24.3 Å². The van der Waals surface area contributed by atoms with E-state index in [0.29, 0.717) is 23.9 Å². The fourth-order valence-corrected chi connectivity index (χ4v) is 2.40. The van der Waals surface area contributed by atoms with Crippen LogP contribution < -0.4 is 10.1 Å². The van der Waals surface area contributed by atoms with Crippen molar-refractivity contribution in [1.29, 1.82) is 5.26 Å². The van der Waals surface area contributed by atoms with Crippen molar-refractivity contribution in [3.63, 3.8) is 0 Å². The van der Waals surface area contributed by atoms with Crippen LogP contribution in [0.2, 0.25) is 0 Å². The van der Waals surface area contributed by atoms with Gasteiger partial charge >= 0.3 is 0 Å². The van der Waals surface area contributed by atoms with Crippen LogP contribution in [-0.4, -0.2) is 43.1 Å². The maximum absolute atomic E-state index is 11.8. The maximum Gasteiger partial charge on any atom is 0.257 e. The fourth-order valence-electron chi connectivity index (χ4n) is 2.40. The highest BCUT2D eigenvalue weighted by Crippen LogP contribution is 2.12. The smallest absolute Gasteiger partial charge is 0.257 e. The van der Waals surface area contributed by atoms with Gasteiger partial charge in [0, 0.05) is 12.6 Å². The van der Waals surface area contributed by atoms with Crippen molar-refractivity contribution in [2.24, 2.45) is 0 Å². The molecule has 1 unspecified atom stereocenters. The molecule has 0 aliphatic carbocycles. The zero-order chi connectivity index (χ0) is 15.1. The number of likely N-dealkylation sites (tertiary alicyclic amines) is 1. The summed E-state index contributed by atoms with van der Waals surface area (Å²) < 4.78 is 5.39. The van der Waals surface area contributed by atoms with Crippen LogP contribution in [0, 0.1) is 11.3 Å². The summed E-state index contributed by atoms with van der Waals surface area (Å²) in [5.74, 6) is 0.474. The molecule has 5 nitrogen and oxygen atoms in total. The van der Waals surface area contributed by atoms with Gasteiger partial charge in [-0.15, -0.1) is 0 Å². The third-order valence-corrected chi connectivity index (χ3v) is 3.71. The van der Waals surface area contributed by atoms with E-state index in [4.69, 9.17) is 10.00 Å². The largest absolute Gasteiger partial charge is 0.484 e. The number of hydrogen-bond acceptors (Lipinski definition) is 4. The van der Waals surface area contributed by atoms with E-state index >= 15 is 0 Å². The normalized spacial score (nSPS) is 16.2. The molecule has 1 saturated heterocycles. The SMILES string of the molecule is CC(CNC(=O)COc1ccc(C#N)cc1)N1CCCC1. The van der Waals surface area contributed by atoms with Gasteiger partial charge in [-0.1, -0.05) is 0 Å². The Kier molecular flexibility index (Phi) is 5.59. The zero-order valence-corrected chi connectivity index (χ0v) is 12.3. The molecule has 1 aliphatic rings. The second-order valence-electron chi connectivity index (χ2n) is 5.32. The van der Waals surface area contributed by atoms with E-state index in [0.717, 1.165) is 13.1 Å². The minimum atomic E-state index is -0.120. The average Bonchev–Trinajstić information content (AvgIpc) is 3.05. The molecule has 1 aromatic carbocycles. The van der Waals surface area contributed by atoms with Gasteiger partial charge in [-0.3, -0.25) is 9.69 Å². The molecule has 1 heterocycles. The summed E-state index contributed by atoms with van der Waals surface area (Å²) >= 11 is 0. The van der Waals surface area contributed by atoms with Gasteiger partial charge in [0.2, 0.25) is 0 Å². The highest BCUT2D eigenvalue weighted by molar-refractivity contribution is 5.77. The molecule has 21 heavy (non-hydrogen) atoms. The van der Waals surface area contributed by atoms with E-state index in [-0.39, 0.29) is 12.5 Å². The molecule has 112 valence electrons. The summed E-state index contributed by atoms with van der Waals surface area (Å²) in [7, 11) is 0. The molecule has 1 atom stereocenters. The van der Waals surface area contributed by atoms with Crippen LogP contribution >= 0.6 is 0 Å². The van der Waals surface area contributed by atoms with Gasteiger partial charge in [0.1, 0.15) is 5.75 Å². The van der Waals surface area contributed by atoms with E-state index < -0.39 is 0 Å². The number of amides is 1. The number of carbonyl (C=O) groups excluding carboxylic acids is 1. The van der Waals surface area contributed by atoms with E-state index in [1.54, 1.807) is 24.3 Å². The van der Waals surface area contributed by atoms with E-state index in [9.17, 15) is 4.79 Å². The molecule has 0 spiro atoms. The summed E-state index contributed by atoms with van der Waals surface area (Å²) in [6.45, 7) is 5.03. The molecule has 1 aliphatic heterocycles. The minimum Gasteiger partial charge on any atom is -0.484 e. The number of carbonyl (C=O) groups is 1. The number of nitrogens with one attached hydrogen (secondary N) is 1. The summed E-state index contributed by atoms with van der Waals surface area (Å²) in [5, 5.41) is 11.6. The van der Waals surface area contributed by atoms with Crippen LogP contribution in [0.1, 0.15) is 25.3 Å². The highest BCUT2D eigenvalue weighted by atomic mass is 16.5. The number of nitrogens with zero attached hydrogens (tertiary/aromatic N) is 2. The maximum atomic E-state index is 11.8. The van der Waals surface area contributed by atoms with E-state index in [2.05, 4.69) is 17.1 Å². The van der Waals surface area contributed by atoms with Crippen molar-refractivity contribution >= 4 is 5.91 Å². The predicted molar refractivity (Wildman–Crippen MR) is 79.9 cm³/mol. The van der Waals surface area contributed by atoms with Crippen molar-refractivity contribution in [3.8, 4) is 11.8 Å². The molecule has 1 fully saturated rings. The van der Waals surface area contributed by atoms with Crippen molar-refractivity contribution in [3.05, 3.63) is 29.8 Å². The van der Waals surface area contributed by atoms with Crippen molar-refractivity contribution in [2.75, 3.05) is 26.2 Å². The van der Waals surface area contributed by atoms with E-state index in [1.165, 1.54) is 12.8 Å². The number of rotatable bonds is 6. The number of hydrogen-bond donors (Lipinski definition) is 1. The third kappa shape index (κ3) is 4.76. The molecule has 1 amide bonds. The van der Waals surface area contributed by atoms with Crippen molar-refractivity contribution in [2.45, 2.75) is 25.8 Å². The number of ether oxygens (including phenoxy) is 1. The standard InChI is InChI=1S/C16H21N3O2/c1-13(19-8-2-3-9-19)11-18-16(20)12-21-15-6-4-14(10-17)5-7-15/h4-7,13H,2-3,8-9,11-12H2,1H3,(H,18,20). The monoisotopic (exact) mass is 287 g/mol. The predicted octanol–water partition coefficient (Wildman–Crippen LogP) is 1.54. The first-order chi connectivity index (χ1) is 10.2.